The Bertz CT molecular complexity index is 1390. The molecule has 6 nitrogen and oxygen atoms in total. The number of unbranched alkanes of at least 4 members (excludes halogenated alkanes) is 1. The van der Waals surface area contributed by atoms with Crippen molar-refractivity contribution in [1.29, 1.82) is 0 Å². The highest BCUT2D eigenvalue weighted by atomic mass is 35.5. The second-order valence-corrected chi connectivity index (χ2v) is 9.68. The summed E-state index contributed by atoms with van der Waals surface area (Å²) >= 11 is 18.3. The van der Waals surface area contributed by atoms with E-state index in [9.17, 15) is 9.59 Å². The molecule has 0 atom stereocenters. The van der Waals surface area contributed by atoms with Gasteiger partial charge in [0.1, 0.15) is 12.4 Å². The second-order valence-electron chi connectivity index (χ2n) is 8.43. The zero-order chi connectivity index (χ0) is 26.4. The van der Waals surface area contributed by atoms with Gasteiger partial charge in [-0.1, -0.05) is 78.5 Å². The van der Waals surface area contributed by atoms with Crippen molar-refractivity contribution in [1.82, 2.24) is 14.7 Å². The molecule has 0 aliphatic heterocycles. The first-order valence-corrected chi connectivity index (χ1v) is 12.9. The smallest absolute Gasteiger partial charge is 0.254 e. The monoisotopic (exact) mass is 554 g/mol. The van der Waals surface area contributed by atoms with E-state index in [1.807, 2.05) is 37.3 Å². The summed E-state index contributed by atoms with van der Waals surface area (Å²) in [5, 5.41) is 8.95. The third-order valence-corrected chi connectivity index (χ3v) is 6.68. The van der Waals surface area contributed by atoms with Crippen LogP contribution in [0.2, 0.25) is 15.1 Å². The van der Waals surface area contributed by atoms with Gasteiger partial charge < -0.3 is 10.2 Å². The lowest BCUT2D eigenvalue weighted by Gasteiger charge is -2.22. The summed E-state index contributed by atoms with van der Waals surface area (Å²) in [6.07, 6.45) is 1.66. The summed E-state index contributed by atoms with van der Waals surface area (Å²) < 4.78 is 1.60. The van der Waals surface area contributed by atoms with Crippen molar-refractivity contribution in [3.63, 3.8) is 0 Å². The van der Waals surface area contributed by atoms with Gasteiger partial charge in [0.05, 0.1) is 21.4 Å². The number of nitrogens with one attached hydrogen (secondary N) is 1. The number of anilines is 1. The lowest BCUT2D eigenvalue weighted by atomic mass is 10.1. The lowest BCUT2D eigenvalue weighted by molar-refractivity contribution is -0.116. The molecule has 190 valence electrons. The fourth-order valence-electron chi connectivity index (χ4n) is 3.77. The predicted octanol–water partition coefficient (Wildman–Crippen LogP) is 7.38. The third-order valence-electron chi connectivity index (χ3n) is 5.69. The summed E-state index contributed by atoms with van der Waals surface area (Å²) in [6.45, 7) is 2.37. The third kappa shape index (κ3) is 6.72. The van der Waals surface area contributed by atoms with E-state index < -0.39 is 0 Å². The largest absolute Gasteiger partial charge is 0.329 e. The van der Waals surface area contributed by atoms with Crippen LogP contribution in [0, 0.1) is 0 Å². The van der Waals surface area contributed by atoms with E-state index in [-0.39, 0.29) is 18.4 Å². The van der Waals surface area contributed by atoms with E-state index in [0.29, 0.717) is 44.4 Å². The van der Waals surface area contributed by atoms with Crippen LogP contribution in [0.3, 0.4) is 0 Å². The minimum atomic E-state index is -0.348. The second kappa shape index (κ2) is 12.3. The van der Waals surface area contributed by atoms with Crippen LogP contribution in [0.1, 0.15) is 30.1 Å². The van der Waals surface area contributed by atoms with E-state index in [1.165, 1.54) is 0 Å². The molecule has 0 fully saturated rings. The number of nitrogens with zero attached hydrogens (tertiary/aromatic N) is 3. The Morgan fingerprint density at radius 1 is 0.919 bits per heavy atom. The molecule has 1 heterocycles. The average Bonchev–Trinajstić information content (AvgIpc) is 3.32. The van der Waals surface area contributed by atoms with Crippen LogP contribution in [-0.2, 0) is 4.79 Å². The standard InChI is InChI=1S/C28H25Cl3N4O2/c1-2-3-15-34(28(37)20-9-11-21(29)12-10-20)18-27(36)32-26-17-25(19-7-5-4-6-8-19)33-35(26)22-13-14-23(30)24(31)16-22/h4-14,16-17H,2-3,15,18H2,1H3,(H,32,36). The topological polar surface area (TPSA) is 67.2 Å². The van der Waals surface area contributed by atoms with Gasteiger partial charge in [0.25, 0.3) is 5.91 Å². The zero-order valence-electron chi connectivity index (χ0n) is 20.1. The van der Waals surface area contributed by atoms with Crippen LogP contribution < -0.4 is 5.32 Å². The molecule has 0 unspecified atom stereocenters. The van der Waals surface area contributed by atoms with Crippen LogP contribution in [0.15, 0.2) is 78.9 Å². The first kappa shape index (κ1) is 26.7. The molecular formula is C28H25Cl3N4O2. The van der Waals surface area contributed by atoms with Gasteiger partial charge in [-0.2, -0.15) is 5.10 Å². The molecule has 9 heteroatoms. The van der Waals surface area contributed by atoms with E-state index in [1.54, 1.807) is 58.1 Å². The van der Waals surface area contributed by atoms with E-state index in [4.69, 9.17) is 39.9 Å². The molecule has 0 saturated carbocycles. The van der Waals surface area contributed by atoms with Crippen LogP contribution in [-0.4, -0.2) is 39.6 Å². The number of rotatable bonds is 9. The number of carbonyl (C=O) groups excluding carboxylic acids is 2. The highest BCUT2D eigenvalue weighted by Crippen LogP contribution is 2.29. The van der Waals surface area contributed by atoms with Crippen molar-refractivity contribution in [2.45, 2.75) is 19.8 Å². The lowest BCUT2D eigenvalue weighted by Crippen LogP contribution is -2.39. The molecule has 1 N–H and O–H groups in total. The van der Waals surface area contributed by atoms with Crippen molar-refractivity contribution >= 4 is 52.4 Å². The number of carbonyl (C=O) groups is 2. The maximum atomic E-state index is 13.2. The van der Waals surface area contributed by atoms with Crippen molar-refractivity contribution < 1.29 is 9.59 Å². The summed E-state index contributed by atoms with van der Waals surface area (Å²) in [5.74, 6) is -0.140. The zero-order valence-corrected chi connectivity index (χ0v) is 22.4. The van der Waals surface area contributed by atoms with Crippen molar-refractivity contribution in [3.8, 4) is 16.9 Å². The highest BCUT2D eigenvalue weighted by Gasteiger charge is 2.21. The SMILES string of the molecule is CCCCN(CC(=O)Nc1cc(-c2ccccc2)nn1-c1ccc(Cl)c(Cl)c1)C(=O)c1ccc(Cl)cc1. The van der Waals surface area contributed by atoms with Crippen molar-refractivity contribution in [3.05, 3.63) is 99.5 Å². The molecule has 0 saturated heterocycles. The van der Waals surface area contributed by atoms with E-state index in [2.05, 4.69) is 5.32 Å². The number of aromatic nitrogens is 2. The Labute approximate surface area is 230 Å². The van der Waals surface area contributed by atoms with Crippen LogP contribution in [0.5, 0.6) is 0 Å². The molecule has 0 bridgehead atoms. The number of halogens is 3. The van der Waals surface area contributed by atoms with Gasteiger partial charge in [0.15, 0.2) is 0 Å². The Morgan fingerprint density at radius 3 is 2.32 bits per heavy atom. The maximum Gasteiger partial charge on any atom is 0.254 e. The van der Waals surface area contributed by atoms with Gasteiger partial charge >= 0.3 is 0 Å². The highest BCUT2D eigenvalue weighted by molar-refractivity contribution is 6.42. The molecular weight excluding hydrogens is 531 g/mol. The van der Waals surface area contributed by atoms with Gasteiger partial charge in [-0.3, -0.25) is 9.59 Å². The summed E-state index contributed by atoms with van der Waals surface area (Å²) in [7, 11) is 0. The predicted molar refractivity (Wildman–Crippen MR) is 150 cm³/mol. The first-order valence-electron chi connectivity index (χ1n) is 11.8. The number of hydrogen-bond acceptors (Lipinski definition) is 3. The molecule has 0 radical (unpaired) electrons. The van der Waals surface area contributed by atoms with Crippen LogP contribution >= 0.6 is 34.8 Å². The van der Waals surface area contributed by atoms with E-state index >= 15 is 0 Å². The molecule has 1 aromatic heterocycles. The van der Waals surface area contributed by atoms with Crippen molar-refractivity contribution in [2.75, 3.05) is 18.4 Å². The first-order chi connectivity index (χ1) is 17.9. The molecule has 0 aliphatic carbocycles. The average molecular weight is 556 g/mol. The molecule has 4 aromatic rings. The Balaban J connectivity index is 1.61. The summed E-state index contributed by atoms with van der Waals surface area (Å²) in [4.78, 5) is 27.9. The Hall–Kier alpha value is -3.32. The van der Waals surface area contributed by atoms with Gasteiger partial charge in [-0.05, 0) is 48.9 Å². The van der Waals surface area contributed by atoms with Gasteiger partial charge in [-0.15, -0.1) is 0 Å². The number of hydrogen-bond donors (Lipinski definition) is 1. The minimum Gasteiger partial charge on any atom is -0.329 e. The number of amides is 2. The molecule has 0 aliphatic rings. The molecule has 2 amide bonds. The Kier molecular flexibility index (Phi) is 8.87. The normalized spacial score (nSPS) is 10.8. The molecule has 37 heavy (non-hydrogen) atoms. The summed E-state index contributed by atoms with van der Waals surface area (Å²) in [6, 6.07) is 23.2. The van der Waals surface area contributed by atoms with Gasteiger partial charge in [-0.25, -0.2) is 4.68 Å². The number of benzene rings is 3. The van der Waals surface area contributed by atoms with Gasteiger partial charge in [0.2, 0.25) is 5.91 Å². The maximum absolute atomic E-state index is 13.2. The van der Waals surface area contributed by atoms with Crippen molar-refractivity contribution in [2.24, 2.45) is 0 Å². The summed E-state index contributed by atoms with van der Waals surface area (Å²) in [5.41, 5.74) is 2.66. The van der Waals surface area contributed by atoms with Crippen LogP contribution in [0.4, 0.5) is 5.82 Å². The Morgan fingerprint density at radius 2 is 1.65 bits per heavy atom. The quantitative estimate of drug-likeness (QED) is 0.234. The fraction of sp³-hybridized carbons (Fsp3) is 0.179. The van der Waals surface area contributed by atoms with Gasteiger partial charge in [0, 0.05) is 28.8 Å². The van der Waals surface area contributed by atoms with E-state index in [0.717, 1.165) is 18.4 Å². The fourth-order valence-corrected chi connectivity index (χ4v) is 4.18. The van der Waals surface area contributed by atoms with Crippen LogP contribution in [0.25, 0.3) is 16.9 Å². The molecule has 3 aromatic carbocycles. The molecule has 0 spiro atoms. The molecule has 4 rings (SSSR count). The minimum absolute atomic E-state index is 0.116.